The Morgan fingerprint density at radius 2 is 0.868 bits per heavy atom. The molecule has 0 unspecified atom stereocenters. The molecule has 4 nitrogen and oxygen atoms in total. The van der Waals surface area contributed by atoms with Gasteiger partial charge in [0.15, 0.2) is 5.58 Å². The summed E-state index contributed by atoms with van der Waals surface area (Å²) in [6.07, 6.45) is 0. The van der Waals surface area contributed by atoms with Gasteiger partial charge in [0.1, 0.15) is 16.7 Å². The lowest BCUT2D eigenvalue weighted by molar-refractivity contribution is 0.620. The Morgan fingerprint density at radius 3 is 1.53 bits per heavy atom. The molecule has 53 heavy (non-hydrogen) atoms. The molecular weight excluding hydrogens is 649 g/mol. The van der Waals surface area contributed by atoms with E-state index >= 15 is 0 Å². The summed E-state index contributed by atoms with van der Waals surface area (Å²) in [5.41, 5.74) is -11.6. The number of hydrogen-bond donors (Lipinski definition) is 0. The summed E-state index contributed by atoms with van der Waals surface area (Å²) < 4.78 is 295. The molecule has 0 aliphatic rings. The molecule has 0 saturated carbocycles. The summed E-state index contributed by atoms with van der Waals surface area (Å²) in [6.45, 7) is 0. The molecular formula is C49H32N2O2. The second-order valence-corrected chi connectivity index (χ2v) is 10.7. The first-order valence-corrected chi connectivity index (χ1v) is 15.2. The van der Waals surface area contributed by atoms with Gasteiger partial charge in [-0.3, -0.25) is 0 Å². The lowest BCUT2D eigenvalue weighted by Gasteiger charge is -2.26. The number of anilines is 3. The van der Waals surface area contributed by atoms with Crippen molar-refractivity contribution in [3.8, 4) is 44.8 Å². The van der Waals surface area contributed by atoms with Crippen molar-refractivity contribution < 1.29 is 52.7 Å². The van der Waals surface area contributed by atoms with Gasteiger partial charge in [-0.25, -0.2) is 4.98 Å². The van der Waals surface area contributed by atoms with Crippen molar-refractivity contribution in [1.82, 2.24) is 4.98 Å². The van der Waals surface area contributed by atoms with Crippen LogP contribution in [0.2, 0.25) is 0 Å². The van der Waals surface area contributed by atoms with E-state index in [0.29, 0.717) is 4.90 Å². The van der Waals surface area contributed by atoms with Crippen molar-refractivity contribution >= 4 is 50.1 Å². The van der Waals surface area contributed by atoms with Crippen LogP contribution in [-0.2, 0) is 0 Å². The molecule has 2 heterocycles. The first kappa shape index (κ1) is 12.2. The van der Waals surface area contributed by atoms with Crippen LogP contribution in [0.4, 0.5) is 17.1 Å². The summed E-state index contributed by atoms with van der Waals surface area (Å²) >= 11 is 0. The Labute approximate surface area is 351 Å². The smallest absolute Gasteiger partial charge is 0.227 e. The topological polar surface area (TPSA) is 42.4 Å². The molecule has 0 spiro atoms. The average molecular weight is 713 g/mol. The molecule has 0 fully saturated rings. The van der Waals surface area contributed by atoms with Gasteiger partial charge < -0.3 is 13.7 Å². The zero-order valence-corrected chi connectivity index (χ0v) is 26.2. The van der Waals surface area contributed by atoms with Gasteiger partial charge in [0, 0.05) is 33.4 Å². The number of aromatic nitrogens is 1. The minimum Gasteiger partial charge on any atom is -0.456 e. The SMILES string of the molecule is [2H]c1c([2H])c([2H])c(-c2c([2H])c([2H])c(N(c3c([2H])c([2H])c(-c4c([2H])c([2H])c([2H])c([2H])c4[2H])c([2H])c3[2H])c3c([2H])c([2H])c4oc5c([2H])c(-c6c([2H])c([2H])c(-c7nc8c([2H])c([2H])c([2H])c([2H])c8o7)c([2H])c6[2H])c([2H])c([2H])c5c4c3[2H])c([2H])c2[2H])c([2H])c1[2H]. The third-order valence-electron chi connectivity index (χ3n) is 7.53. The number of rotatable bonds is 7. The van der Waals surface area contributed by atoms with Crippen LogP contribution in [0.5, 0.6) is 0 Å². The number of nitrogens with zero attached hydrogens (tertiary/aromatic N) is 2. The van der Waals surface area contributed by atoms with E-state index in [-0.39, 0.29) is 0 Å². The van der Waals surface area contributed by atoms with Gasteiger partial charge in [0.2, 0.25) is 5.89 Å². The second-order valence-electron chi connectivity index (χ2n) is 10.7. The standard InChI is InChI=1S/C49H32N2O2/c1-3-9-33(10-4-1)35-19-24-40(25-20-35)51(41-26-21-36(22-27-41)34-11-5-2-6-12-34)42-28-30-46-44(32-42)43-29-23-39(31-48(43)52-46)37-15-17-38(18-16-37)49-50-45-13-7-8-14-47(45)53-49/h1-32H/i1D,2D,3D,4D,5D,6D,7D,8D,9D,10D,11D,12D,13D,14D,15D,16D,17D,18D,19D,20D,21D,22D,23D,24D,25D,26D,27D,28D,29D,30D,31D,32D. The number of para-hydroxylation sites is 2. The first-order chi connectivity index (χ1) is 39.6. The summed E-state index contributed by atoms with van der Waals surface area (Å²) in [7, 11) is 0. The molecule has 0 radical (unpaired) electrons. The van der Waals surface area contributed by atoms with Crippen molar-refractivity contribution in [2.75, 3.05) is 4.90 Å². The van der Waals surface area contributed by atoms with Gasteiger partial charge in [-0.15, -0.1) is 0 Å². The quantitative estimate of drug-likeness (QED) is 0.165. The van der Waals surface area contributed by atoms with Crippen LogP contribution in [0.3, 0.4) is 0 Å². The largest absolute Gasteiger partial charge is 0.456 e. The highest BCUT2D eigenvalue weighted by Gasteiger charge is 2.17. The Morgan fingerprint density at radius 1 is 0.358 bits per heavy atom. The van der Waals surface area contributed by atoms with Crippen molar-refractivity contribution in [3.63, 3.8) is 0 Å². The highest BCUT2D eigenvalue weighted by Crippen LogP contribution is 2.41. The van der Waals surface area contributed by atoms with E-state index in [1.807, 2.05) is 0 Å². The molecule has 0 N–H and O–H groups in total. The fraction of sp³-hybridized carbons (Fsp3) is 0. The molecule has 0 aliphatic carbocycles. The Kier molecular flexibility index (Phi) is 2.96. The predicted octanol–water partition coefficient (Wildman–Crippen LogP) is 13.9. The third kappa shape index (κ3) is 5.73. The van der Waals surface area contributed by atoms with Crippen LogP contribution < -0.4 is 4.90 Å². The van der Waals surface area contributed by atoms with E-state index < -0.39 is 288 Å². The fourth-order valence-corrected chi connectivity index (χ4v) is 5.11. The first-order valence-electron chi connectivity index (χ1n) is 31.2. The average Bonchev–Trinajstić information content (AvgIpc) is 1.79. The minimum atomic E-state index is -1.27. The number of furan rings is 1. The highest BCUT2D eigenvalue weighted by atomic mass is 16.3. The van der Waals surface area contributed by atoms with Gasteiger partial charge >= 0.3 is 0 Å². The number of fused-ring (bicyclic) bond motifs is 4. The molecule has 0 aliphatic heterocycles. The van der Waals surface area contributed by atoms with Gasteiger partial charge in [-0.05, 0) is 112 Å². The zero-order valence-electron chi connectivity index (χ0n) is 58.2. The van der Waals surface area contributed by atoms with Crippen LogP contribution >= 0.6 is 0 Å². The van der Waals surface area contributed by atoms with Gasteiger partial charge in [-0.1, -0.05) is 115 Å². The van der Waals surface area contributed by atoms with E-state index in [9.17, 15) is 19.2 Å². The van der Waals surface area contributed by atoms with Crippen LogP contribution in [-0.4, -0.2) is 4.98 Å². The van der Waals surface area contributed by atoms with Crippen LogP contribution in [0.1, 0.15) is 43.9 Å². The summed E-state index contributed by atoms with van der Waals surface area (Å²) in [5.74, 6) is -0.672. The maximum absolute atomic E-state index is 9.85. The summed E-state index contributed by atoms with van der Waals surface area (Å²) in [6, 6.07) is -32.3. The Balaban J connectivity index is 1.29. The molecule has 0 saturated heterocycles. The van der Waals surface area contributed by atoms with Crippen molar-refractivity contribution in [2.24, 2.45) is 0 Å². The van der Waals surface area contributed by atoms with E-state index in [1.54, 1.807) is 0 Å². The third-order valence-corrected chi connectivity index (χ3v) is 7.53. The Hall–Kier alpha value is -7.17. The van der Waals surface area contributed by atoms with Crippen molar-refractivity contribution in [1.29, 1.82) is 0 Å². The van der Waals surface area contributed by atoms with E-state index in [0.717, 1.165) is 0 Å². The molecule has 10 aromatic rings. The molecule has 0 atom stereocenters. The molecule has 4 heteroatoms. The molecule has 0 amide bonds. The van der Waals surface area contributed by atoms with Crippen molar-refractivity contribution in [3.05, 3.63) is 193 Å². The number of oxazole rings is 1. The molecule has 8 aromatic carbocycles. The summed E-state index contributed by atoms with van der Waals surface area (Å²) in [5, 5.41) is -1.44. The highest BCUT2D eigenvalue weighted by molar-refractivity contribution is 6.07. The predicted molar refractivity (Wildman–Crippen MR) is 218 cm³/mol. The molecule has 2 aromatic heterocycles. The second kappa shape index (κ2) is 12.9. The lowest BCUT2D eigenvalue weighted by atomic mass is 10.0. The fourth-order valence-electron chi connectivity index (χ4n) is 5.11. The molecule has 250 valence electrons. The van der Waals surface area contributed by atoms with Crippen LogP contribution in [0, 0.1) is 0 Å². The van der Waals surface area contributed by atoms with Crippen molar-refractivity contribution in [2.45, 2.75) is 0 Å². The normalized spacial score (nSPS) is 19.8. The van der Waals surface area contributed by atoms with E-state index in [1.165, 1.54) is 0 Å². The number of benzene rings is 8. The number of hydrogen-bond acceptors (Lipinski definition) is 4. The van der Waals surface area contributed by atoms with Crippen LogP contribution in [0.15, 0.2) is 202 Å². The monoisotopic (exact) mass is 712 g/mol. The maximum Gasteiger partial charge on any atom is 0.227 e. The minimum absolute atomic E-state index is 0.331. The Bertz CT molecular complexity index is 4430. The van der Waals surface area contributed by atoms with Gasteiger partial charge in [-0.2, -0.15) is 0 Å². The van der Waals surface area contributed by atoms with Gasteiger partial charge in [0.05, 0.1) is 43.9 Å². The van der Waals surface area contributed by atoms with E-state index in [4.69, 9.17) is 33.5 Å². The molecule has 0 bridgehead atoms. The van der Waals surface area contributed by atoms with Gasteiger partial charge in [0.25, 0.3) is 0 Å². The summed E-state index contributed by atoms with van der Waals surface area (Å²) in [4.78, 5) is 4.38. The lowest BCUT2D eigenvalue weighted by Crippen LogP contribution is -2.09. The maximum atomic E-state index is 9.85. The van der Waals surface area contributed by atoms with E-state index in [2.05, 4.69) is 4.98 Å². The zero-order chi connectivity index (χ0) is 63.0. The molecule has 10 rings (SSSR count). The van der Waals surface area contributed by atoms with Crippen LogP contribution in [0.25, 0.3) is 77.9 Å².